The first-order valence-corrected chi connectivity index (χ1v) is 11.5. The zero-order valence-electron chi connectivity index (χ0n) is 18.7. The number of likely N-dealkylation sites (tertiary alicyclic amines) is 1. The number of benzene rings is 1. The average molecular weight is 472 g/mol. The molecule has 0 radical (unpaired) electrons. The van der Waals surface area contributed by atoms with Gasteiger partial charge in [-0.05, 0) is 37.1 Å². The fraction of sp³-hybridized carbons (Fsp3) is 0.409. The van der Waals surface area contributed by atoms with Gasteiger partial charge in [0.2, 0.25) is 17.3 Å². The largest absolute Gasteiger partial charge is 0.364 e. The molecular formula is C22H28ClN8O2+. The van der Waals surface area contributed by atoms with Crippen LogP contribution >= 0.6 is 11.6 Å². The third-order valence-electron chi connectivity index (χ3n) is 5.82. The minimum atomic E-state index is -0.0266. The summed E-state index contributed by atoms with van der Waals surface area (Å²) in [6, 6.07) is 7.72. The van der Waals surface area contributed by atoms with E-state index in [1.807, 2.05) is 31.2 Å². The predicted molar refractivity (Wildman–Crippen MR) is 128 cm³/mol. The summed E-state index contributed by atoms with van der Waals surface area (Å²) in [6.45, 7) is 3.18. The summed E-state index contributed by atoms with van der Waals surface area (Å²) in [5.41, 5.74) is 3.10. The van der Waals surface area contributed by atoms with Crippen molar-refractivity contribution >= 4 is 57.7 Å². The summed E-state index contributed by atoms with van der Waals surface area (Å²) in [5.74, 6) is 1.18. The van der Waals surface area contributed by atoms with E-state index in [-0.39, 0.29) is 23.7 Å². The Hall–Kier alpha value is -3.40. The van der Waals surface area contributed by atoms with Gasteiger partial charge in [0.1, 0.15) is 5.88 Å². The number of aromatic amines is 2. The Bertz CT molecular complexity index is 1130. The number of halogens is 1. The number of hydrogen-bond acceptors (Lipinski definition) is 6. The zero-order chi connectivity index (χ0) is 23.4. The summed E-state index contributed by atoms with van der Waals surface area (Å²) in [7, 11) is 1.76. The topological polar surface area (TPSA) is 120 Å². The van der Waals surface area contributed by atoms with Gasteiger partial charge in [0, 0.05) is 44.0 Å². The van der Waals surface area contributed by atoms with Gasteiger partial charge >= 0.3 is 11.6 Å². The van der Waals surface area contributed by atoms with Crippen molar-refractivity contribution in [2.75, 3.05) is 41.6 Å². The molecule has 1 aromatic carbocycles. The van der Waals surface area contributed by atoms with Crippen LogP contribution in [0, 0.1) is 0 Å². The number of amides is 2. The Balaban J connectivity index is 1.48. The quantitative estimate of drug-likeness (QED) is 0.455. The van der Waals surface area contributed by atoms with Gasteiger partial charge in [-0.15, -0.1) is 11.6 Å². The van der Waals surface area contributed by atoms with Crippen LogP contribution in [-0.4, -0.2) is 63.7 Å². The molecule has 3 aromatic rings. The molecule has 33 heavy (non-hydrogen) atoms. The van der Waals surface area contributed by atoms with Crippen LogP contribution in [-0.2, 0) is 9.59 Å². The maximum atomic E-state index is 11.9. The number of H-pyrrole nitrogens is 2. The van der Waals surface area contributed by atoms with Crippen LogP contribution in [0.3, 0.4) is 0 Å². The summed E-state index contributed by atoms with van der Waals surface area (Å²) >= 11 is 5.68. The highest BCUT2D eigenvalue weighted by Gasteiger charge is 2.24. The van der Waals surface area contributed by atoms with Crippen molar-refractivity contribution in [3.05, 3.63) is 30.6 Å². The van der Waals surface area contributed by atoms with Crippen molar-refractivity contribution in [1.82, 2.24) is 19.9 Å². The van der Waals surface area contributed by atoms with Crippen molar-refractivity contribution in [2.45, 2.75) is 32.2 Å². The van der Waals surface area contributed by atoms with E-state index in [9.17, 15) is 9.59 Å². The highest BCUT2D eigenvalue weighted by atomic mass is 35.5. The number of aromatic nitrogens is 4. The van der Waals surface area contributed by atoms with Crippen molar-refractivity contribution in [3.8, 4) is 0 Å². The maximum Gasteiger partial charge on any atom is 0.307 e. The van der Waals surface area contributed by atoms with Crippen LogP contribution in [0.2, 0.25) is 0 Å². The van der Waals surface area contributed by atoms with E-state index in [4.69, 9.17) is 11.6 Å². The first-order valence-electron chi connectivity index (χ1n) is 11.0. The minimum absolute atomic E-state index is 0.0180. The van der Waals surface area contributed by atoms with Crippen LogP contribution < -0.4 is 20.5 Å². The van der Waals surface area contributed by atoms with E-state index >= 15 is 0 Å². The number of fused-ring (bicyclic) bond motifs is 1. The molecular weight excluding hydrogens is 444 g/mol. The lowest BCUT2D eigenvalue weighted by Crippen LogP contribution is -2.43. The monoisotopic (exact) mass is 471 g/mol. The molecule has 0 aliphatic carbocycles. The van der Waals surface area contributed by atoms with Crippen molar-refractivity contribution < 1.29 is 14.6 Å². The molecule has 0 unspecified atom stereocenters. The number of hydrogen-bond donors (Lipinski definition) is 3. The van der Waals surface area contributed by atoms with Gasteiger partial charge in [-0.25, -0.2) is 4.98 Å². The lowest BCUT2D eigenvalue weighted by atomic mass is 10.1. The zero-order valence-corrected chi connectivity index (χ0v) is 19.4. The van der Waals surface area contributed by atoms with Crippen LogP contribution in [0.4, 0.5) is 23.1 Å². The molecule has 4 N–H and O–H groups in total. The molecule has 2 amide bonds. The van der Waals surface area contributed by atoms with Gasteiger partial charge in [-0.2, -0.15) is 4.98 Å². The highest BCUT2D eigenvalue weighted by molar-refractivity contribution is 6.27. The van der Waals surface area contributed by atoms with Gasteiger partial charge in [0.15, 0.2) is 12.1 Å². The lowest BCUT2D eigenvalue weighted by molar-refractivity contribution is -0.347. The Morgan fingerprint density at radius 2 is 1.97 bits per heavy atom. The van der Waals surface area contributed by atoms with Crippen LogP contribution in [0.5, 0.6) is 0 Å². The summed E-state index contributed by atoms with van der Waals surface area (Å²) in [5, 5.41) is 6.73. The van der Waals surface area contributed by atoms with E-state index in [0.29, 0.717) is 36.9 Å². The molecule has 1 aliphatic heterocycles. The predicted octanol–water partition coefficient (Wildman–Crippen LogP) is 2.53. The van der Waals surface area contributed by atoms with Gasteiger partial charge in [0.25, 0.3) is 0 Å². The normalized spacial score (nSPS) is 14.3. The molecule has 3 heterocycles. The highest BCUT2D eigenvalue weighted by Crippen LogP contribution is 2.24. The molecule has 1 aliphatic rings. The average Bonchev–Trinajstić information content (AvgIpc) is 3.32. The Morgan fingerprint density at radius 1 is 1.24 bits per heavy atom. The van der Waals surface area contributed by atoms with Crippen LogP contribution in [0.25, 0.3) is 11.2 Å². The Morgan fingerprint density at radius 3 is 2.64 bits per heavy atom. The van der Waals surface area contributed by atoms with Crippen molar-refractivity contribution in [1.29, 1.82) is 0 Å². The lowest BCUT2D eigenvalue weighted by Gasteiger charge is -2.32. The van der Waals surface area contributed by atoms with E-state index in [1.165, 1.54) is 0 Å². The van der Waals surface area contributed by atoms with Crippen molar-refractivity contribution in [3.63, 3.8) is 0 Å². The molecule has 10 nitrogen and oxygen atoms in total. The first-order chi connectivity index (χ1) is 16.0. The smallest absolute Gasteiger partial charge is 0.307 e. The Labute approximate surface area is 196 Å². The third kappa shape index (κ3) is 5.16. The van der Waals surface area contributed by atoms with Gasteiger partial charge in [-0.3, -0.25) is 14.6 Å². The van der Waals surface area contributed by atoms with Crippen LogP contribution in [0.1, 0.15) is 26.2 Å². The number of nitrogens with zero attached hydrogens (tertiary/aromatic N) is 4. The van der Waals surface area contributed by atoms with Crippen LogP contribution in [0.15, 0.2) is 30.6 Å². The number of carbonyl (C=O) groups is 2. The molecule has 0 saturated carbocycles. The molecule has 2 aromatic heterocycles. The number of carbonyl (C=O) groups excluding carboxylic acids is 2. The number of piperidine rings is 1. The minimum Gasteiger partial charge on any atom is -0.364 e. The Kier molecular flexibility index (Phi) is 6.93. The number of alkyl halides is 1. The molecule has 1 fully saturated rings. The second kappa shape index (κ2) is 10.0. The molecule has 0 bridgehead atoms. The number of anilines is 4. The maximum absolute atomic E-state index is 11.9. The number of rotatable bonds is 7. The van der Waals surface area contributed by atoms with Gasteiger partial charge in [0.05, 0.1) is 0 Å². The molecule has 4 rings (SSSR count). The fourth-order valence-corrected chi connectivity index (χ4v) is 4.04. The van der Waals surface area contributed by atoms with E-state index in [1.54, 1.807) is 23.2 Å². The summed E-state index contributed by atoms with van der Waals surface area (Å²) in [4.78, 5) is 42.6. The first kappa shape index (κ1) is 22.8. The molecule has 11 heteroatoms. The second-order valence-corrected chi connectivity index (χ2v) is 8.23. The molecule has 0 atom stereocenters. The molecule has 1 saturated heterocycles. The molecule has 0 spiro atoms. The number of nitrogens with one attached hydrogen (secondary N) is 4. The molecule has 174 valence electrons. The van der Waals surface area contributed by atoms with E-state index < -0.39 is 0 Å². The SMILES string of the molecule is CCC(=O)N(C)c1ccc(Nc2nc(NC3CCN(C(=O)CCl)CC3)c3[nH]c[nH+]c3n2)cc1. The van der Waals surface area contributed by atoms with E-state index in [0.717, 1.165) is 29.7 Å². The van der Waals surface area contributed by atoms with Gasteiger partial charge < -0.3 is 20.4 Å². The summed E-state index contributed by atoms with van der Waals surface area (Å²) < 4.78 is 0. The third-order valence-corrected chi connectivity index (χ3v) is 6.05. The summed E-state index contributed by atoms with van der Waals surface area (Å²) in [6.07, 6.45) is 3.79. The van der Waals surface area contributed by atoms with Gasteiger partial charge in [-0.1, -0.05) is 11.9 Å². The number of imidazole rings is 1. The van der Waals surface area contributed by atoms with Crippen molar-refractivity contribution in [2.24, 2.45) is 0 Å². The standard InChI is InChI=1S/C22H27ClN8O2/c1-3-17(32)30(2)16-6-4-14(5-7-16)27-22-28-20-19(24-13-25-20)21(29-22)26-15-8-10-31(11-9-15)18(33)12-23/h4-7,13,15H,3,8-12H2,1-2H3,(H3,24,25,26,27,28,29)/p+1. The fourth-order valence-electron chi connectivity index (χ4n) is 3.87. The van der Waals surface area contributed by atoms with E-state index in [2.05, 4.69) is 30.6 Å². The second-order valence-electron chi connectivity index (χ2n) is 7.96.